The van der Waals surface area contributed by atoms with Gasteiger partial charge < -0.3 is 14.4 Å². The van der Waals surface area contributed by atoms with E-state index in [4.69, 9.17) is 9.47 Å². The molecule has 41 heavy (non-hydrogen) atoms. The lowest BCUT2D eigenvalue weighted by molar-refractivity contribution is 0.0131. The highest BCUT2D eigenvalue weighted by Crippen LogP contribution is 2.34. The largest absolute Gasteiger partial charge is 0.457 e. The highest BCUT2D eigenvalue weighted by Gasteiger charge is 2.39. The van der Waals surface area contributed by atoms with Crippen LogP contribution in [0.3, 0.4) is 0 Å². The Labute approximate surface area is 242 Å². The third-order valence-electron chi connectivity index (χ3n) is 6.79. The number of ether oxygens (including phenoxy) is 2. The Balaban J connectivity index is 1.43. The molecule has 0 N–H and O–H groups in total. The predicted octanol–water partition coefficient (Wildman–Crippen LogP) is 7.13. The number of carbonyl (C=O) groups is 1. The van der Waals surface area contributed by atoms with Gasteiger partial charge in [-0.15, -0.1) is 0 Å². The number of carbonyl (C=O) groups excluding carboxylic acids is 1. The second kappa shape index (κ2) is 11.8. The predicted molar refractivity (Wildman–Crippen MR) is 159 cm³/mol. The van der Waals surface area contributed by atoms with Crippen molar-refractivity contribution in [3.05, 3.63) is 115 Å². The molecule has 1 amide bonds. The van der Waals surface area contributed by atoms with Crippen LogP contribution >= 0.6 is 0 Å². The van der Waals surface area contributed by atoms with Gasteiger partial charge in [0, 0.05) is 19.6 Å². The molecule has 1 aliphatic rings. The van der Waals surface area contributed by atoms with Gasteiger partial charge in [-0.1, -0.05) is 72.8 Å². The Morgan fingerprint density at radius 2 is 1.29 bits per heavy atom. The van der Waals surface area contributed by atoms with Gasteiger partial charge >= 0.3 is 6.09 Å². The lowest BCUT2D eigenvalue weighted by atomic mass is 9.99. The van der Waals surface area contributed by atoms with Crippen molar-refractivity contribution in [2.75, 3.05) is 19.6 Å². The SMILES string of the molecule is CC(C)(C)OC(=O)N1CCN(S(=O)(=O)c2ccc(Oc3ccccc3)cc2)[C@H](c2ccc(-c3ccccc3)cc2)C1. The molecule has 0 unspecified atom stereocenters. The molecule has 0 bridgehead atoms. The lowest BCUT2D eigenvalue weighted by Gasteiger charge is -2.41. The first-order valence-corrected chi connectivity index (χ1v) is 15.0. The molecule has 5 rings (SSSR count). The smallest absolute Gasteiger partial charge is 0.410 e. The van der Waals surface area contributed by atoms with Crippen molar-refractivity contribution in [1.29, 1.82) is 0 Å². The summed E-state index contributed by atoms with van der Waals surface area (Å²) in [6.07, 6.45) is -0.456. The second-order valence-corrected chi connectivity index (χ2v) is 12.8. The summed E-state index contributed by atoms with van der Waals surface area (Å²) in [7, 11) is -3.90. The molecule has 7 nitrogen and oxygen atoms in total. The standard InChI is InChI=1S/C33H34N2O5S/c1-33(2,3)40-32(36)34-22-23-35(31(24-34)27-16-14-26(15-17-27)25-10-6-4-7-11-25)41(37,38)30-20-18-29(19-21-30)39-28-12-8-5-9-13-28/h4-21,31H,22-24H2,1-3H3/t31-/m0/s1. The van der Waals surface area contributed by atoms with Crippen molar-refractivity contribution in [3.63, 3.8) is 0 Å². The maximum absolute atomic E-state index is 14.0. The van der Waals surface area contributed by atoms with Crippen molar-refractivity contribution < 1.29 is 22.7 Å². The van der Waals surface area contributed by atoms with E-state index in [9.17, 15) is 13.2 Å². The van der Waals surface area contributed by atoms with Gasteiger partial charge in [0.2, 0.25) is 10.0 Å². The minimum Gasteiger partial charge on any atom is -0.457 e. The van der Waals surface area contributed by atoms with E-state index >= 15 is 0 Å². The van der Waals surface area contributed by atoms with Gasteiger partial charge in [0.15, 0.2) is 0 Å². The van der Waals surface area contributed by atoms with Crippen LogP contribution in [-0.2, 0) is 14.8 Å². The highest BCUT2D eigenvalue weighted by atomic mass is 32.2. The molecule has 212 valence electrons. The molecule has 0 aliphatic carbocycles. The average molecular weight is 571 g/mol. The lowest BCUT2D eigenvalue weighted by Crippen LogP contribution is -2.53. The number of amides is 1. The van der Waals surface area contributed by atoms with Crippen LogP contribution in [0, 0.1) is 0 Å². The van der Waals surface area contributed by atoms with Crippen LogP contribution in [0.2, 0.25) is 0 Å². The van der Waals surface area contributed by atoms with Crippen LogP contribution in [0.25, 0.3) is 11.1 Å². The average Bonchev–Trinajstić information content (AvgIpc) is 2.97. The van der Waals surface area contributed by atoms with Crippen LogP contribution in [0.5, 0.6) is 11.5 Å². The zero-order valence-electron chi connectivity index (χ0n) is 23.4. The highest BCUT2D eigenvalue weighted by molar-refractivity contribution is 7.89. The summed E-state index contributed by atoms with van der Waals surface area (Å²) in [6.45, 7) is 5.98. The molecule has 0 radical (unpaired) electrons. The van der Waals surface area contributed by atoms with Gasteiger partial charge in [-0.3, -0.25) is 0 Å². The first-order chi connectivity index (χ1) is 19.6. The summed E-state index contributed by atoms with van der Waals surface area (Å²) in [5, 5.41) is 0. The number of benzene rings is 4. The summed E-state index contributed by atoms with van der Waals surface area (Å²) in [5.74, 6) is 1.21. The van der Waals surface area contributed by atoms with Crippen molar-refractivity contribution >= 4 is 16.1 Å². The molecule has 0 spiro atoms. The Hall–Kier alpha value is -4.14. The molecule has 1 aliphatic heterocycles. The van der Waals surface area contributed by atoms with E-state index in [0.717, 1.165) is 16.7 Å². The molecule has 4 aromatic carbocycles. The molecular weight excluding hydrogens is 536 g/mol. The molecule has 0 saturated carbocycles. The molecule has 4 aromatic rings. The van der Waals surface area contributed by atoms with Crippen LogP contribution in [0.4, 0.5) is 4.79 Å². The monoisotopic (exact) mass is 570 g/mol. The van der Waals surface area contributed by atoms with Crippen LogP contribution < -0.4 is 4.74 Å². The van der Waals surface area contributed by atoms with Crippen LogP contribution in [-0.4, -0.2) is 49.0 Å². The van der Waals surface area contributed by atoms with Crippen LogP contribution in [0.15, 0.2) is 114 Å². The van der Waals surface area contributed by atoms with Crippen molar-refractivity contribution in [2.45, 2.75) is 37.3 Å². The van der Waals surface area contributed by atoms with E-state index in [1.54, 1.807) is 29.2 Å². The number of hydrogen-bond acceptors (Lipinski definition) is 5. The molecule has 1 saturated heterocycles. The number of rotatable bonds is 6. The molecule has 0 aromatic heterocycles. The Morgan fingerprint density at radius 3 is 1.90 bits per heavy atom. The normalized spacial score (nSPS) is 16.3. The number of piperazine rings is 1. The van der Waals surface area contributed by atoms with E-state index in [2.05, 4.69) is 0 Å². The summed E-state index contributed by atoms with van der Waals surface area (Å²) in [6, 6.07) is 33.0. The third kappa shape index (κ3) is 6.78. The van der Waals surface area contributed by atoms with Crippen LogP contribution in [0.1, 0.15) is 32.4 Å². The Bertz CT molecular complexity index is 1570. The van der Waals surface area contributed by atoms with E-state index in [1.165, 1.54) is 4.31 Å². The maximum Gasteiger partial charge on any atom is 0.410 e. The summed E-state index contributed by atoms with van der Waals surface area (Å²) >= 11 is 0. The molecule has 1 fully saturated rings. The van der Waals surface area contributed by atoms with Gasteiger partial charge in [-0.2, -0.15) is 4.31 Å². The molecule has 1 atom stereocenters. The fourth-order valence-corrected chi connectivity index (χ4v) is 6.38. The van der Waals surface area contributed by atoms with Crippen molar-refractivity contribution in [1.82, 2.24) is 9.21 Å². The van der Waals surface area contributed by atoms with Crippen molar-refractivity contribution in [3.8, 4) is 22.6 Å². The topological polar surface area (TPSA) is 76.2 Å². The van der Waals surface area contributed by atoms with Gasteiger partial charge in [-0.25, -0.2) is 13.2 Å². The van der Waals surface area contributed by atoms with Gasteiger partial charge in [-0.05, 0) is 73.9 Å². The number of para-hydroxylation sites is 1. The zero-order valence-corrected chi connectivity index (χ0v) is 24.3. The van der Waals surface area contributed by atoms with Gasteiger partial charge in [0.05, 0.1) is 10.9 Å². The Kier molecular flexibility index (Phi) is 8.15. The first kappa shape index (κ1) is 28.4. The minimum absolute atomic E-state index is 0.134. The zero-order chi connectivity index (χ0) is 29.0. The minimum atomic E-state index is -3.90. The summed E-state index contributed by atoms with van der Waals surface area (Å²) in [5.41, 5.74) is 2.24. The van der Waals surface area contributed by atoms with E-state index in [-0.39, 0.29) is 24.5 Å². The van der Waals surface area contributed by atoms with Crippen molar-refractivity contribution in [2.24, 2.45) is 0 Å². The summed E-state index contributed by atoms with van der Waals surface area (Å²) < 4.78 is 40.9. The number of sulfonamides is 1. The summed E-state index contributed by atoms with van der Waals surface area (Å²) in [4.78, 5) is 14.7. The Morgan fingerprint density at radius 1 is 0.732 bits per heavy atom. The third-order valence-corrected chi connectivity index (χ3v) is 8.72. The van der Waals surface area contributed by atoms with Gasteiger partial charge in [0.1, 0.15) is 17.1 Å². The van der Waals surface area contributed by atoms with Gasteiger partial charge in [0.25, 0.3) is 0 Å². The van der Waals surface area contributed by atoms with E-state index in [1.807, 2.05) is 106 Å². The first-order valence-electron chi connectivity index (χ1n) is 13.6. The number of hydrogen-bond donors (Lipinski definition) is 0. The number of nitrogens with zero attached hydrogens (tertiary/aromatic N) is 2. The fourth-order valence-electron chi connectivity index (χ4n) is 4.79. The van der Waals surface area contributed by atoms with E-state index in [0.29, 0.717) is 11.5 Å². The fraction of sp³-hybridized carbons (Fsp3) is 0.242. The maximum atomic E-state index is 14.0. The quantitative estimate of drug-likeness (QED) is 0.247. The molecular formula is C33H34N2O5S. The second-order valence-electron chi connectivity index (χ2n) is 10.9. The molecule has 1 heterocycles. The van der Waals surface area contributed by atoms with E-state index < -0.39 is 27.8 Å². The molecule has 8 heteroatoms.